The predicted octanol–water partition coefficient (Wildman–Crippen LogP) is 2.64. The van der Waals surface area contributed by atoms with E-state index in [1.165, 1.54) is 31.4 Å². The van der Waals surface area contributed by atoms with E-state index in [4.69, 9.17) is 0 Å². The van der Waals surface area contributed by atoms with E-state index >= 15 is 0 Å². The number of hydrogen-bond acceptors (Lipinski definition) is 3. The first-order chi connectivity index (χ1) is 11.2. The third kappa shape index (κ3) is 2.32. The van der Waals surface area contributed by atoms with Crippen LogP contribution in [-0.2, 0) is 4.79 Å². The Kier molecular flexibility index (Phi) is 3.09. The van der Waals surface area contributed by atoms with Crippen LogP contribution >= 0.6 is 0 Å². The van der Waals surface area contributed by atoms with Gasteiger partial charge in [0.25, 0.3) is 0 Å². The lowest BCUT2D eigenvalue weighted by molar-refractivity contribution is -0.118. The molecule has 1 aromatic heterocycles. The van der Waals surface area contributed by atoms with Crippen LogP contribution in [0.3, 0.4) is 0 Å². The smallest absolute Gasteiger partial charge is 0.229 e. The normalized spacial score (nSPS) is 37.2. The first kappa shape index (κ1) is 14.0. The summed E-state index contributed by atoms with van der Waals surface area (Å²) in [6.45, 7) is 2.11. The van der Waals surface area contributed by atoms with Crippen molar-refractivity contribution in [2.45, 2.75) is 50.9 Å². The Bertz CT molecular complexity index is 618. The van der Waals surface area contributed by atoms with Crippen molar-refractivity contribution in [3.8, 4) is 0 Å². The monoisotopic (exact) mass is 314 g/mol. The van der Waals surface area contributed by atoms with Crippen LogP contribution in [0, 0.1) is 23.2 Å². The Balaban J connectivity index is 1.23. The van der Waals surface area contributed by atoms with Gasteiger partial charge >= 0.3 is 0 Å². The summed E-state index contributed by atoms with van der Waals surface area (Å²) >= 11 is 0. The summed E-state index contributed by atoms with van der Waals surface area (Å²) in [7, 11) is 0. The number of nitrogens with zero attached hydrogens (tertiary/aromatic N) is 1. The fourth-order valence-corrected chi connectivity index (χ4v) is 5.63. The number of hydrogen-bond donors (Lipinski definition) is 3. The highest BCUT2D eigenvalue weighted by molar-refractivity contribution is 5.94. The van der Waals surface area contributed by atoms with Crippen molar-refractivity contribution in [2.75, 3.05) is 18.4 Å². The highest BCUT2D eigenvalue weighted by Crippen LogP contribution is 2.59. The molecule has 4 atom stereocenters. The van der Waals surface area contributed by atoms with E-state index in [0.29, 0.717) is 11.3 Å². The molecule has 1 amide bonds. The standard InChI is InChI=1S/C18H26N4O/c23-17(14-10-18(14)3-5-19-6-4-18)20-16-9-15(21-22-16)13-8-11-1-2-12(13)7-11/h9,11-14,19H,1-8,10H2,(H2,20,21,22,23). The van der Waals surface area contributed by atoms with Crippen molar-refractivity contribution in [3.63, 3.8) is 0 Å². The quantitative estimate of drug-likeness (QED) is 0.803. The third-order valence-electron chi connectivity index (χ3n) is 7.09. The molecule has 1 aliphatic heterocycles. The van der Waals surface area contributed by atoms with Gasteiger partial charge < -0.3 is 10.6 Å². The maximum Gasteiger partial charge on any atom is 0.229 e. The molecule has 3 aliphatic carbocycles. The van der Waals surface area contributed by atoms with Crippen LogP contribution in [0.4, 0.5) is 5.82 Å². The zero-order chi connectivity index (χ0) is 15.4. The molecular weight excluding hydrogens is 288 g/mol. The van der Waals surface area contributed by atoms with E-state index in [0.717, 1.165) is 50.0 Å². The molecule has 3 N–H and O–H groups in total. The first-order valence-electron chi connectivity index (χ1n) is 9.30. The van der Waals surface area contributed by atoms with Crippen molar-refractivity contribution >= 4 is 11.7 Å². The van der Waals surface area contributed by atoms with E-state index < -0.39 is 0 Å². The van der Waals surface area contributed by atoms with Gasteiger partial charge in [-0.1, -0.05) is 6.42 Å². The molecule has 2 bridgehead atoms. The summed E-state index contributed by atoms with van der Waals surface area (Å²) in [6, 6.07) is 2.08. The van der Waals surface area contributed by atoms with E-state index in [1.807, 2.05) is 0 Å². The highest BCUT2D eigenvalue weighted by atomic mass is 16.2. The lowest BCUT2D eigenvalue weighted by Gasteiger charge is -2.23. The molecule has 5 rings (SSSR count). The Morgan fingerprint density at radius 2 is 2.13 bits per heavy atom. The summed E-state index contributed by atoms with van der Waals surface area (Å²) in [5, 5.41) is 14.0. The van der Waals surface area contributed by atoms with Crippen LogP contribution in [0.25, 0.3) is 0 Å². The predicted molar refractivity (Wildman–Crippen MR) is 88.1 cm³/mol. The van der Waals surface area contributed by atoms with Gasteiger partial charge in [-0.3, -0.25) is 9.89 Å². The fourth-order valence-electron chi connectivity index (χ4n) is 5.63. The minimum absolute atomic E-state index is 0.179. The molecule has 1 saturated heterocycles. The number of nitrogens with one attached hydrogen (secondary N) is 3. The number of amides is 1. The summed E-state index contributed by atoms with van der Waals surface area (Å²) in [6.07, 6.45) is 8.82. The van der Waals surface area contributed by atoms with Crippen molar-refractivity contribution in [1.29, 1.82) is 0 Å². The van der Waals surface area contributed by atoms with Crippen LogP contribution in [-0.4, -0.2) is 29.2 Å². The van der Waals surface area contributed by atoms with Crippen LogP contribution in [0.1, 0.15) is 56.6 Å². The van der Waals surface area contributed by atoms with Gasteiger partial charge in [0.2, 0.25) is 5.91 Å². The lowest BCUT2D eigenvalue weighted by atomic mass is 9.86. The number of anilines is 1. The number of carbonyl (C=O) groups excluding carboxylic acids is 1. The van der Waals surface area contributed by atoms with Crippen molar-refractivity contribution in [3.05, 3.63) is 11.8 Å². The highest BCUT2D eigenvalue weighted by Gasteiger charge is 2.57. The van der Waals surface area contributed by atoms with Crippen LogP contribution < -0.4 is 10.6 Å². The van der Waals surface area contributed by atoms with Gasteiger partial charge in [-0.25, -0.2) is 0 Å². The Hall–Kier alpha value is -1.36. The van der Waals surface area contributed by atoms with E-state index in [-0.39, 0.29) is 11.8 Å². The minimum atomic E-state index is 0.179. The summed E-state index contributed by atoms with van der Waals surface area (Å²) in [5.41, 5.74) is 1.53. The molecule has 0 aromatic carbocycles. The van der Waals surface area contributed by atoms with E-state index in [9.17, 15) is 4.79 Å². The maximum atomic E-state index is 12.5. The van der Waals surface area contributed by atoms with Crippen molar-refractivity contribution < 1.29 is 4.79 Å². The zero-order valence-electron chi connectivity index (χ0n) is 13.6. The number of piperidine rings is 1. The van der Waals surface area contributed by atoms with Crippen molar-refractivity contribution in [1.82, 2.24) is 15.5 Å². The summed E-state index contributed by atoms with van der Waals surface area (Å²) in [5.74, 6) is 3.51. The molecule has 5 nitrogen and oxygen atoms in total. The van der Waals surface area contributed by atoms with Crippen LogP contribution in [0.5, 0.6) is 0 Å². The lowest BCUT2D eigenvalue weighted by Crippen LogP contribution is -2.31. The molecule has 23 heavy (non-hydrogen) atoms. The van der Waals surface area contributed by atoms with E-state index in [2.05, 4.69) is 26.9 Å². The second kappa shape index (κ2) is 5.07. The summed E-state index contributed by atoms with van der Waals surface area (Å²) in [4.78, 5) is 12.5. The Morgan fingerprint density at radius 3 is 2.87 bits per heavy atom. The number of rotatable bonds is 3. The molecule has 1 spiro atoms. The summed E-state index contributed by atoms with van der Waals surface area (Å²) < 4.78 is 0. The molecule has 124 valence electrons. The molecule has 5 heteroatoms. The topological polar surface area (TPSA) is 69.8 Å². The van der Waals surface area contributed by atoms with Gasteiger partial charge in [0.15, 0.2) is 5.82 Å². The SMILES string of the molecule is O=C(Nc1cc(C2CC3CCC2C3)[nH]n1)C1CC12CCNCC2. The molecule has 0 radical (unpaired) electrons. The van der Waals surface area contributed by atoms with E-state index in [1.54, 1.807) is 0 Å². The Labute approximate surface area is 137 Å². The zero-order valence-corrected chi connectivity index (χ0v) is 13.6. The molecule has 1 aromatic rings. The second-order valence-electron chi connectivity index (χ2n) is 8.35. The fraction of sp³-hybridized carbons (Fsp3) is 0.778. The largest absolute Gasteiger partial charge is 0.317 e. The third-order valence-corrected chi connectivity index (χ3v) is 7.09. The van der Waals surface area contributed by atoms with Gasteiger partial charge in [-0.2, -0.15) is 5.10 Å². The second-order valence-corrected chi connectivity index (χ2v) is 8.35. The molecule has 4 aliphatic rings. The average molecular weight is 314 g/mol. The van der Waals surface area contributed by atoms with Crippen LogP contribution in [0.15, 0.2) is 6.07 Å². The Morgan fingerprint density at radius 1 is 1.26 bits per heavy atom. The van der Waals surface area contributed by atoms with Gasteiger partial charge in [0.05, 0.1) is 0 Å². The molecular formula is C18H26N4O. The minimum Gasteiger partial charge on any atom is -0.317 e. The van der Waals surface area contributed by atoms with Gasteiger partial charge in [-0.15, -0.1) is 0 Å². The number of carbonyl (C=O) groups is 1. The molecule has 2 heterocycles. The number of H-pyrrole nitrogens is 1. The van der Waals surface area contributed by atoms with Gasteiger partial charge in [0.1, 0.15) is 0 Å². The number of aromatic amines is 1. The maximum absolute atomic E-state index is 12.5. The van der Waals surface area contributed by atoms with Crippen molar-refractivity contribution in [2.24, 2.45) is 23.2 Å². The first-order valence-corrected chi connectivity index (χ1v) is 9.30. The molecule has 4 fully saturated rings. The van der Waals surface area contributed by atoms with Gasteiger partial charge in [-0.05, 0) is 68.9 Å². The number of aromatic nitrogens is 2. The van der Waals surface area contributed by atoms with Crippen LogP contribution in [0.2, 0.25) is 0 Å². The molecule has 3 saturated carbocycles. The average Bonchev–Trinajstić information content (AvgIpc) is 3.02. The van der Waals surface area contributed by atoms with Gasteiger partial charge in [0, 0.05) is 23.6 Å². The molecule has 4 unspecified atom stereocenters. The number of fused-ring (bicyclic) bond motifs is 2.